The fourth-order valence-corrected chi connectivity index (χ4v) is 4.00. The summed E-state index contributed by atoms with van der Waals surface area (Å²) >= 11 is 1.92. The minimum absolute atomic E-state index is 0.194. The van der Waals surface area contributed by atoms with Crippen molar-refractivity contribution in [3.05, 3.63) is 51.5 Å². The van der Waals surface area contributed by atoms with Gasteiger partial charge in [-0.25, -0.2) is 0 Å². The van der Waals surface area contributed by atoms with Gasteiger partial charge in [0.05, 0.1) is 6.04 Å². The molecule has 2 aromatic rings. The molecule has 3 rings (SSSR count). The highest BCUT2D eigenvalue weighted by Crippen LogP contribution is 2.33. The molecule has 2 heterocycles. The minimum atomic E-state index is 0.194. The number of nitrogens with two attached hydrogens (primary N) is 1. The van der Waals surface area contributed by atoms with Crippen molar-refractivity contribution in [2.75, 3.05) is 0 Å². The Balaban J connectivity index is 1.80. The fourth-order valence-electron chi connectivity index (χ4n) is 2.68. The molecule has 2 aromatic heterocycles. The van der Waals surface area contributed by atoms with E-state index in [2.05, 4.69) is 22.5 Å². The summed E-state index contributed by atoms with van der Waals surface area (Å²) in [5.41, 5.74) is 5.72. The summed E-state index contributed by atoms with van der Waals surface area (Å²) in [5.74, 6) is 5.75. The number of hydrogen-bond acceptors (Lipinski definition) is 4. The van der Waals surface area contributed by atoms with Gasteiger partial charge in [-0.1, -0.05) is 6.07 Å². The van der Waals surface area contributed by atoms with Gasteiger partial charge in [-0.05, 0) is 55.4 Å². The Morgan fingerprint density at radius 1 is 1.37 bits per heavy atom. The fraction of sp³-hybridized carbons (Fsp3) is 0.400. The van der Waals surface area contributed by atoms with Crippen LogP contribution in [0.5, 0.6) is 0 Å². The number of hydrogen-bond donors (Lipinski definition) is 2. The lowest BCUT2D eigenvalue weighted by atomic mass is 9.98. The Morgan fingerprint density at radius 2 is 2.26 bits per heavy atom. The maximum absolute atomic E-state index is 5.75. The first-order valence-electron chi connectivity index (χ1n) is 6.83. The summed E-state index contributed by atoms with van der Waals surface area (Å²) in [5, 5.41) is 0. The van der Waals surface area contributed by atoms with Gasteiger partial charge in [0.25, 0.3) is 0 Å². The van der Waals surface area contributed by atoms with Crippen molar-refractivity contribution in [3.63, 3.8) is 0 Å². The topological polar surface area (TPSA) is 50.9 Å². The molecule has 0 aromatic carbocycles. The second kappa shape index (κ2) is 5.82. The zero-order valence-corrected chi connectivity index (χ0v) is 11.7. The third kappa shape index (κ3) is 2.86. The summed E-state index contributed by atoms with van der Waals surface area (Å²) in [7, 11) is 0. The second-order valence-electron chi connectivity index (χ2n) is 5.09. The number of nitrogens with zero attached hydrogens (tertiary/aromatic N) is 1. The molecule has 0 radical (unpaired) electrons. The van der Waals surface area contributed by atoms with E-state index in [1.54, 1.807) is 11.1 Å². The second-order valence-corrected chi connectivity index (χ2v) is 6.26. The molecule has 1 aliphatic carbocycles. The molecule has 0 spiro atoms. The Morgan fingerprint density at radius 3 is 3.00 bits per heavy atom. The summed E-state index contributed by atoms with van der Waals surface area (Å²) in [6.07, 6.45) is 9.74. The predicted octanol–water partition coefficient (Wildman–Crippen LogP) is 2.77. The van der Waals surface area contributed by atoms with Crippen LogP contribution in [0.25, 0.3) is 0 Å². The number of aryl methyl sites for hydroxylation is 2. The predicted molar refractivity (Wildman–Crippen MR) is 79.0 cm³/mol. The van der Waals surface area contributed by atoms with Crippen LogP contribution in [0.15, 0.2) is 30.6 Å². The van der Waals surface area contributed by atoms with E-state index in [1.807, 2.05) is 23.6 Å². The van der Waals surface area contributed by atoms with Crippen molar-refractivity contribution >= 4 is 11.3 Å². The van der Waals surface area contributed by atoms with Crippen molar-refractivity contribution < 1.29 is 0 Å². The number of nitrogens with one attached hydrogen (secondary N) is 1. The number of fused-ring (bicyclic) bond motifs is 1. The standard InChI is InChI=1S/C15H19N3S/c16-18-13(8-11-4-3-7-17-10-11)15-9-12-5-1-2-6-14(12)19-15/h3-4,7,9-10,13,18H,1-2,5-6,8,16H2. The first-order chi connectivity index (χ1) is 9.36. The van der Waals surface area contributed by atoms with Crippen molar-refractivity contribution in [2.45, 2.75) is 38.1 Å². The number of hydrazine groups is 1. The number of pyridine rings is 1. The smallest absolute Gasteiger partial charge is 0.0594 e. The first-order valence-corrected chi connectivity index (χ1v) is 7.65. The van der Waals surface area contributed by atoms with Crippen molar-refractivity contribution in [3.8, 4) is 0 Å². The molecule has 0 bridgehead atoms. The van der Waals surface area contributed by atoms with Crippen LogP contribution < -0.4 is 11.3 Å². The van der Waals surface area contributed by atoms with E-state index in [0.29, 0.717) is 0 Å². The molecular weight excluding hydrogens is 254 g/mol. The largest absolute Gasteiger partial charge is 0.271 e. The molecule has 19 heavy (non-hydrogen) atoms. The van der Waals surface area contributed by atoms with Gasteiger partial charge in [-0.3, -0.25) is 16.3 Å². The Bertz CT molecular complexity index is 512. The average Bonchev–Trinajstić information content (AvgIpc) is 2.89. The number of aromatic nitrogens is 1. The summed E-state index contributed by atoms with van der Waals surface area (Å²) in [6.45, 7) is 0. The van der Waals surface area contributed by atoms with E-state index in [9.17, 15) is 0 Å². The lowest BCUT2D eigenvalue weighted by molar-refractivity contribution is 0.559. The van der Waals surface area contributed by atoms with Crippen molar-refractivity contribution in [2.24, 2.45) is 5.84 Å². The molecular formula is C15H19N3S. The maximum atomic E-state index is 5.75. The molecule has 100 valence electrons. The molecule has 0 saturated carbocycles. The molecule has 1 unspecified atom stereocenters. The van der Waals surface area contributed by atoms with Gasteiger partial charge >= 0.3 is 0 Å². The van der Waals surface area contributed by atoms with Crippen LogP contribution in [-0.4, -0.2) is 4.98 Å². The average molecular weight is 273 g/mol. The zero-order chi connectivity index (χ0) is 13.1. The van der Waals surface area contributed by atoms with Crippen LogP contribution in [-0.2, 0) is 19.3 Å². The van der Waals surface area contributed by atoms with Crippen LogP contribution in [0, 0.1) is 0 Å². The maximum Gasteiger partial charge on any atom is 0.0594 e. The summed E-state index contributed by atoms with van der Waals surface area (Å²) in [6, 6.07) is 6.62. The molecule has 3 N–H and O–H groups in total. The third-order valence-electron chi connectivity index (χ3n) is 3.72. The van der Waals surface area contributed by atoms with E-state index >= 15 is 0 Å². The first kappa shape index (κ1) is 12.8. The van der Waals surface area contributed by atoms with Gasteiger partial charge in [0.1, 0.15) is 0 Å². The molecule has 0 aliphatic heterocycles. The normalized spacial score (nSPS) is 16.1. The van der Waals surface area contributed by atoms with Crippen LogP contribution in [0.2, 0.25) is 0 Å². The quantitative estimate of drug-likeness (QED) is 0.665. The number of thiophene rings is 1. The van der Waals surface area contributed by atoms with Crippen LogP contribution in [0.4, 0.5) is 0 Å². The van der Waals surface area contributed by atoms with Crippen LogP contribution in [0.3, 0.4) is 0 Å². The summed E-state index contributed by atoms with van der Waals surface area (Å²) in [4.78, 5) is 7.09. The molecule has 1 aliphatic rings. The lowest BCUT2D eigenvalue weighted by Gasteiger charge is -2.13. The minimum Gasteiger partial charge on any atom is -0.271 e. The van der Waals surface area contributed by atoms with Gasteiger partial charge in [0, 0.05) is 22.1 Å². The highest BCUT2D eigenvalue weighted by Gasteiger charge is 2.18. The SMILES string of the molecule is NNC(Cc1cccnc1)c1cc2c(s1)CCCC2. The lowest BCUT2D eigenvalue weighted by Crippen LogP contribution is -2.29. The molecule has 1 atom stereocenters. The van der Waals surface area contributed by atoms with E-state index < -0.39 is 0 Å². The van der Waals surface area contributed by atoms with Gasteiger partial charge < -0.3 is 0 Å². The van der Waals surface area contributed by atoms with Crippen molar-refractivity contribution in [1.29, 1.82) is 0 Å². The third-order valence-corrected chi connectivity index (χ3v) is 5.07. The highest BCUT2D eigenvalue weighted by molar-refractivity contribution is 7.12. The highest BCUT2D eigenvalue weighted by atomic mass is 32.1. The van der Waals surface area contributed by atoms with Crippen molar-refractivity contribution in [1.82, 2.24) is 10.4 Å². The number of rotatable bonds is 4. The van der Waals surface area contributed by atoms with Gasteiger partial charge in [0.2, 0.25) is 0 Å². The molecule has 0 amide bonds. The Hall–Kier alpha value is -1.23. The van der Waals surface area contributed by atoms with Gasteiger partial charge in [-0.15, -0.1) is 11.3 Å². The van der Waals surface area contributed by atoms with Crippen LogP contribution >= 0.6 is 11.3 Å². The van der Waals surface area contributed by atoms with E-state index in [4.69, 9.17) is 5.84 Å². The molecule has 0 saturated heterocycles. The van der Waals surface area contributed by atoms with Crippen LogP contribution in [0.1, 0.15) is 39.8 Å². The molecule has 3 nitrogen and oxygen atoms in total. The molecule has 4 heteroatoms. The molecule has 0 fully saturated rings. The van der Waals surface area contributed by atoms with E-state index in [1.165, 1.54) is 41.7 Å². The zero-order valence-electron chi connectivity index (χ0n) is 10.9. The summed E-state index contributed by atoms with van der Waals surface area (Å²) < 4.78 is 0. The Labute approximate surface area is 117 Å². The van der Waals surface area contributed by atoms with E-state index in [0.717, 1.165) is 6.42 Å². The Kier molecular flexibility index (Phi) is 3.92. The van der Waals surface area contributed by atoms with Gasteiger partial charge in [0.15, 0.2) is 0 Å². The van der Waals surface area contributed by atoms with Gasteiger partial charge in [-0.2, -0.15) is 0 Å². The monoisotopic (exact) mass is 273 g/mol. The van der Waals surface area contributed by atoms with E-state index in [-0.39, 0.29) is 6.04 Å².